The van der Waals surface area contributed by atoms with Gasteiger partial charge in [0.15, 0.2) is 5.78 Å². The average molecular weight is 119 g/mol. The molecule has 0 bridgehead atoms. The summed E-state index contributed by atoms with van der Waals surface area (Å²) in [5, 5.41) is 16.0. The van der Waals surface area contributed by atoms with E-state index in [0.717, 1.165) is 0 Å². The Kier molecular flexibility index (Phi) is 4.44. The van der Waals surface area contributed by atoms with Crippen LogP contribution in [0.25, 0.3) is 0 Å². The van der Waals surface area contributed by atoms with E-state index in [2.05, 4.69) is 0 Å². The van der Waals surface area contributed by atoms with Crippen LogP contribution in [0.2, 0.25) is 0 Å². The highest BCUT2D eigenvalue weighted by molar-refractivity contribution is 5.80. The second-order valence-electron chi connectivity index (χ2n) is 1.35. The Labute approximate surface area is 47.1 Å². The summed E-state index contributed by atoms with van der Waals surface area (Å²) < 4.78 is 0. The fourth-order valence-corrected chi connectivity index (χ4v) is 0.301. The molecule has 0 heterocycles. The van der Waals surface area contributed by atoms with Gasteiger partial charge < -0.3 is 10.3 Å². The lowest BCUT2D eigenvalue weighted by molar-refractivity contribution is -0.120. The number of Topliss-reactive ketones (excluding diaryl/α,β-unsaturated/α-hetero) is 1. The molecule has 0 atom stereocenters. The summed E-state index contributed by atoms with van der Waals surface area (Å²) in [7, 11) is 0. The number of hydroxylamine groups is 1. The lowest BCUT2D eigenvalue weighted by Gasteiger charge is -1.92. The minimum absolute atomic E-state index is 0.0828. The average Bonchev–Trinajstić information content (AvgIpc) is 1.68. The first-order valence-corrected chi connectivity index (χ1v) is 2.30. The highest BCUT2D eigenvalue weighted by Crippen LogP contribution is 1.76. The van der Waals surface area contributed by atoms with Gasteiger partial charge in [0.2, 0.25) is 0 Å². The molecule has 0 unspecified atom stereocenters. The molecule has 0 radical (unpaired) electrons. The normalized spacial score (nSPS) is 9.25. The Balaban J connectivity index is 3.06. The van der Waals surface area contributed by atoms with E-state index in [1.807, 2.05) is 0 Å². The number of carbonyl (C=O) groups is 1. The lowest BCUT2D eigenvalue weighted by Crippen LogP contribution is -2.19. The maximum Gasteiger partial charge on any atom is 0.151 e. The van der Waals surface area contributed by atoms with Crippen LogP contribution in [0.5, 0.6) is 0 Å². The lowest BCUT2D eigenvalue weighted by atomic mass is 10.3. The van der Waals surface area contributed by atoms with Crippen LogP contribution in [0.1, 0.15) is 6.42 Å². The van der Waals surface area contributed by atoms with Gasteiger partial charge in [-0.1, -0.05) is 0 Å². The van der Waals surface area contributed by atoms with Crippen molar-refractivity contribution in [3.05, 3.63) is 0 Å². The van der Waals surface area contributed by atoms with Gasteiger partial charge in [-0.05, 0) is 0 Å². The van der Waals surface area contributed by atoms with E-state index in [9.17, 15) is 4.79 Å². The van der Waals surface area contributed by atoms with Gasteiger partial charge in [-0.2, -0.15) is 5.48 Å². The van der Waals surface area contributed by atoms with Crippen LogP contribution in [0.3, 0.4) is 0 Å². The standard InChI is InChI=1S/C4H9NO3/c6-2-1-4(7)3-5-8/h5-6,8H,1-3H2. The highest BCUT2D eigenvalue weighted by atomic mass is 16.5. The number of aliphatic hydroxyl groups excluding tert-OH is 1. The minimum atomic E-state index is -0.199. The molecule has 0 aromatic rings. The van der Waals surface area contributed by atoms with Crippen molar-refractivity contribution >= 4 is 5.78 Å². The Morgan fingerprint density at radius 3 is 2.62 bits per heavy atom. The zero-order valence-electron chi connectivity index (χ0n) is 4.42. The largest absolute Gasteiger partial charge is 0.396 e. The summed E-state index contributed by atoms with van der Waals surface area (Å²) in [5.41, 5.74) is 1.69. The van der Waals surface area contributed by atoms with E-state index in [-0.39, 0.29) is 25.4 Å². The molecule has 0 saturated heterocycles. The van der Waals surface area contributed by atoms with Crippen molar-refractivity contribution in [1.82, 2.24) is 5.48 Å². The van der Waals surface area contributed by atoms with Crippen LogP contribution in [-0.2, 0) is 4.79 Å². The number of carbonyl (C=O) groups excluding carboxylic acids is 1. The van der Waals surface area contributed by atoms with Crippen LogP contribution in [0, 0.1) is 0 Å². The van der Waals surface area contributed by atoms with Crippen molar-refractivity contribution in [2.45, 2.75) is 6.42 Å². The van der Waals surface area contributed by atoms with Gasteiger partial charge in [0.25, 0.3) is 0 Å². The topological polar surface area (TPSA) is 69.6 Å². The van der Waals surface area contributed by atoms with Crippen molar-refractivity contribution in [2.24, 2.45) is 0 Å². The summed E-state index contributed by atoms with van der Waals surface area (Å²) in [4.78, 5) is 10.3. The molecule has 0 amide bonds. The third-order valence-corrected chi connectivity index (χ3v) is 0.667. The molecular weight excluding hydrogens is 110 g/mol. The Morgan fingerprint density at radius 2 is 2.25 bits per heavy atom. The minimum Gasteiger partial charge on any atom is -0.396 e. The van der Waals surface area contributed by atoms with E-state index in [4.69, 9.17) is 10.3 Å². The number of nitrogens with one attached hydrogen (secondary N) is 1. The molecule has 4 nitrogen and oxygen atoms in total. The number of hydrogen-bond donors (Lipinski definition) is 3. The van der Waals surface area contributed by atoms with Gasteiger partial charge in [0.1, 0.15) is 0 Å². The number of rotatable bonds is 4. The van der Waals surface area contributed by atoms with Crippen LogP contribution in [0.15, 0.2) is 0 Å². The summed E-state index contributed by atoms with van der Waals surface area (Å²) in [6.45, 7) is -0.235. The van der Waals surface area contributed by atoms with E-state index >= 15 is 0 Å². The molecule has 0 fully saturated rings. The number of ketones is 1. The van der Waals surface area contributed by atoms with Crippen LogP contribution < -0.4 is 5.48 Å². The first kappa shape index (κ1) is 7.55. The van der Waals surface area contributed by atoms with Crippen LogP contribution in [0.4, 0.5) is 0 Å². The van der Waals surface area contributed by atoms with Gasteiger partial charge >= 0.3 is 0 Å². The van der Waals surface area contributed by atoms with Crippen LogP contribution in [-0.4, -0.2) is 29.2 Å². The number of aliphatic hydroxyl groups is 1. The molecule has 0 saturated carbocycles. The molecular formula is C4H9NO3. The van der Waals surface area contributed by atoms with Gasteiger partial charge in [0, 0.05) is 6.42 Å². The molecule has 0 aliphatic carbocycles. The maximum atomic E-state index is 10.3. The van der Waals surface area contributed by atoms with E-state index in [0.29, 0.717) is 0 Å². The highest BCUT2D eigenvalue weighted by Gasteiger charge is 1.96. The Bertz CT molecular complexity index is 65.7. The van der Waals surface area contributed by atoms with Crippen molar-refractivity contribution in [3.63, 3.8) is 0 Å². The van der Waals surface area contributed by atoms with Crippen LogP contribution >= 0.6 is 0 Å². The summed E-state index contributed by atoms with van der Waals surface area (Å²) in [6.07, 6.45) is 0.105. The monoisotopic (exact) mass is 119 g/mol. The van der Waals surface area contributed by atoms with E-state index < -0.39 is 0 Å². The molecule has 3 N–H and O–H groups in total. The second kappa shape index (κ2) is 4.70. The Hall–Kier alpha value is -0.450. The zero-order chi connectivity index (χ0) is 6.41. The molecule has 8 heavy (non-hydrogen) atoms. The fourth-order valence-electron chi connectivity index (χ4n) is 0.301. The molecule has 0 rings (SSSR count). The Morgan fingerprint density at radius 1 is 1.62 bits per heavy atom. The fraction of sp³-hybridized carbons (Fsp3) is 0.750. The third kappa shape index (κ3) is 3.73. The van der Waals surface area contributed by atoms with Gasteiger partial charge in [-0.3, -0.25) is 4.79 Å². The van der Waals surface area contributed by atoms with Crippen molar-refractivity contribution in [1.29, 1.82) is 0 Å². The zero-order valence-corrected chi connectivity index (χ0v) is 4.42. The summed E-state index contributed by atoms with van der Waals surface area (Å²) >= 11 is 0. The molecule has 0 aliphatic heterocycles. The molecule has 0 aliphatic rings. The number of hydrogen-bond acceptors (Lipinski definition) is 4. The van der Waals surface area contributed by atoms with Gasteiger partial charge in [0.05, 0.1) is 13.2 Å². The maximum absolute atomic E-state index is 10.3. The molecule has 0 aromatic heterocycles. The SMILES string of the molecule is O=C(CCO)CNO. The predicted molar refractivity (Wildman–Crippen MR) is 26.5 cm³/mol. The second-order valence-corrected chi connectivity index (χ2v) is 1.35. The first-order valence-electron chi connectivity index (χ1n) is 2.30. The predicted octanol–water partition coefficient (Wildman–Crippen LogP) is -1.08. The van der Waals surface area contributed by atoms with E-state index in [1.165, 1.54) is 0 Å². The summed E-state index contributed by atoms with van der Waals surface area (Å²) in [6, 6.07) is 0. The molecule has 48 valence electrons. The van der Waals surface area contributed by atoms with Gasteiger partial charge in [-0.25, -0.2) is 0 Å². The smallest absolute Gasteiger partial charge is 0.151 e. The van der Waals surface area contributed by atoms with E-state index in [1.54, 1.807) is 5.48 Å². The third-order valence-electron chi connectivity index (χ3n) is 0.667. The first-order chi connectivity index (χ1) is 3.81. The molecule has 4 heteroatoms. The molecule has 0 aromatic carbocycles. The van der Waals surface area contributed by atoms with Crippen molar-refractivity contribution in [2.75, 3.05) is 13.2 Å². The summed E-state index contributed by atoms with van der Waals surface area (Å²) in [5.74, 6) is -0.199. The van der Waals surface area contributed by atoms with Crippen molar-refractivity contribution in [3.8, 4) is 0 Å². The van der Waals surface area contributed by atoms with Gasteiger partial charge in [-0.15, -0.1) is 0 Å². The van der Waals surface area contributed by atoms with Crippen molar-refractivity contribution < 1.29 is 15.1 Å². The quantitative estimate of drug-likeness (QED) is 0.411. The molecule has 0 spiro atoms.